The molecule has 5 rings (SSSR count). The average Bonchev–Trinajstić information content (AvgIpc) is 2.68. The van der Waals surface area contributed by atoms with Crippen LogP contribution in [0.1, 0.15) is 0 Å². The van der Waals surface area contributed by atoms with E-state index < -0.39 is 0 Å². The van der Waals surface area contributed by atoms with Crippen LogP contribution in [0.5, 0.6) is 5.75 Å². The third-order valence-corrected chi connectivity index (χ3v) is 5.10. The van der Waals surface area contributed by atoms with Crippen LogP contribution in [-0.2, 0) is 0 Å². The molecule has 0 unspecified atom stereocenters. The summed E-state index contributed by atoms with van der Waals surface area (Å²) in [5, 5.41) is 17.4. The van der Waals surface area contributed by atoms with Crippen molar-refractivity contribution in [1.82, 2.24) is 0 Å². The van der Waals surface area contributed by atoms with E-state index in [0.717, 1.165) is 43.4 Å². The van der Waals surface area contributed by atoms with Crippen LogP contribution >= 0.6 is 0 Å². The third-order valence-electron chi connectivity index (χ3n) is 5.10. The van der Waals surface area contributed by atoms with Gasteiger partial charge in [0.25, 0.3) is 0 Å². The number of nitrogen functional groups attached to an aromatic ring is 1. The van der Waals surface area contributed by atoms with Crippen molar-refractivity contribution in [3.63, 3.8) is 0 Å². The van der Waals surface area contributed by atoms with Gasteiger partial charge in [0, 0.05) is 22.2 Å². The lowest BCUT2D eigenvalue weighted by Crippen LogP contribution is -1.93. The van der Waals surface area contributed by atoms with Gasteiger partial charge in [-0.25, -0.2) is 0 Å². The predicted molar refractivity (Wildman–Crippen MR) is 110 cm³/mol. The SMILES string of the molecule is Nc1ccc2ccccc2c1-c1c(O)ccc2ccc3ccccc3c12. The Morgan fingerprint density at radius 2 is 1.12 bits per heavy atom. The fraction of sp³-hybridized carbons (Fsp3) is 0. The summed E-state index contributed by atoms with van der Waals surface area (Å²) in [5.74, 6) is 0.247. The number of phenolic OH excluding ortho intramolecular Hbond substituents is 1. The molecule has 2 heteroatoms. The number of anilines is 1. The first-order valence-electron chi connectivity index (χ1n) is 8.65. The molecule has 0 saturated carbocycles. The van der Waals surface area contributed by atoms with Crippen molar-refractivity contribution < 1.29 is 5.11 Å². The van der Waals surface area contributed by atoms with Crippen LogP contribution in [0, 0.1) is 0 Å². The molecule has 0 saturated heterocycles. The van der Waals surface area contributed by atoms with E-state index in [-0.39, 0.29) is 5.75 Å². The predicted octanol–water partition coefficient (Wildman–Crippen LogP) is 6.10. The minimum absolute atomic E-state index is 0.247. The molecular weight excluding hydrogens is 318 g/mol. The van der Waals surface area contributed by atoms with E-state index in [1.807, 2.05) is 42.5 Å². The van der Waals surface area contributed by atoms with Crippen molar-refractivity contribution in [2.24, 2.45) is 0 Å². The van der Waals surface area contributed by atoms with Crippen LogP contribution in [0.25, 0.3) is 43.4 Å². The van der Waals surface area contributed by atoms with Crippen molar-refractivity contribution >= 4 is 38.0 Å². The van der Waals surface area contributed by atoms with Crippen molar-refractivity contribution in [2.45, 2.75) is 0 Å². The molecule has 124 valence electrons. The molecule has 0 fully saturated rings. The van der Waals surface area contributed by atoms with Crippen LogP contribution in [0.15, 0.2) is 84.9 Å². The standard InChI is InChI=1S/C24H17NO/c25-20-13-11-16-6-2-4-8-19(16)23(20)24-21(26)14-12-17-10-9-15-5-1-3-7-18(15)22(17)24/h1-14,26H,25H2. The summed E-state index contributed by atoms with van der Waals surface area (Å²) in [7, 11) is 0. The van der Waals surface area contributed by atoms with Crippen LogP contribution in [0.4, 0.5) is 5.69 Å². The van der Waals surface area contributed by atoms with Gasteiger partial charge in [-0.2, -0.15) is 0 Å². The van der Waals surface area contributed by atoms with Gasteiger partial charge in [-0.3, -0.25) is 0 Å². The quantitative estimate of drug-likeness (QED) is 0.287. The summed E-state index contributed by atoms with van der Waals surface area (Å²) in [6, 6.07) is 28.3. The molecule has 5 aromatic carbocycles. The molecule has 0 aliphatic heterocycles. The molecule has 0 aliphatic carbocycles. The number of phenols is 1. The van der Waals surface area contributed by atoms with Gasteiger partial charge in [-0.05, 0) is 39.1 Å². The van der Waals surface area contributed by atoms with Crippen LogP contribution in [0.2, 0.25) is 0 Å². The van der Waals surface area contributed by atoms with Gasteiger partial charge < -0.3 is 10.8 Å². The van der Waals surface area contributed by atoms with Crippen LogP contribution < -0.4 is 5.73 Å². The summed E-state index contributed by atoms with van der Waals surface area (Å²) in [5.41, 5.74) is 8.77. The maximum absolute atomic E-state index is 10.8. The second kappa shape index (κ2) is 5.50. The number of aromatic hydroxyl groups is 1. The maximum Gasteiger partial charge on any atom is 0.124 e. The van der Waals surface area contributed by atoms with Crippen molar-refractivity contribution in [3.8, 4) is 16.9 Å². The highest BCUT2D eigenvalue weighted by molar-refractivity contribution is 6.19. The molecule has 0 heterocycles. The van der Waals surface area contributed by atoms with Gasteiger partial charge in [-0.1, -0.05) is 72.8 Å². The largest absolute Gasteiger partial charge is 0.507 e. The Balaban J connectivity index is 2.05. The van der Waals surface area contributed by atoms with Crippen molar-refractivity contribution in [2.75, 3.05) is 5.73 Å². The summed E-state index contributed by atoms with van der Waals surface area (Å²) in [4.78, 5) is 0. The fourth-order valence-electron chi connectivity index (χ4n) is 3.91. The second-order valence-corrected chi connectivity index (χ2v) is 6.60. The highest BCUT2D eigenvalue weighted by Gasteiger charge is 2.17. The number of benzene rings is 5. The van der Waals surface area contributed by atoms with E-state index in [9.17, 15) is 5.11 Å². The van der Waals surface area contributed by atoms with Gasteiger partial charge in [0.1, 0.15) is 5.75 Å². The van der Waals surface area contributed by atoms with Gasteiger partial charge >= 0.3 is 0 Å². The number of fused-ring (bicyclic) bond motifs is 4. The van der Waals surface area contributed by atoms with E-state index in [1.54, 1.807) is 6.07 Å². The lowest BCUT2D eigenvalue weighted by molar-refractivity contribution is 0.478. The molecule has 0 aliphatic rings. The van der Waals surface area contributed by atoms with Crippen LogP contribution in [0.3, 0.4) is 0 Å². The minimum atomic E-state index is 0.247. The Labute approximate surface area is 151 Å². The smallest absolute Gasteiger partial charge is 0.124 e. The van der Waals surface area contributed by atoms with Gasteiger partial charge in [0.2, 0.25) is 0 Å². The monoisotopic (exact) mass is 335 g/mol. The molecule has 3 N–H and O–H groups in total. The van der Waals surface area contributed by atoms with Crippen molar-refractivity contribution in [3.05, 3.63) is 84.9 Å². The molecule has 5 aromatic rings. The van der Waals surface area contributed by atoms with Crippen LogP contribution in [-0.4, -0.2) is 5.11 Å². The zero-order valence-corrected chi connectivity index (χ0v) is 14.1. The molecule has 0 spiro atoms. The Bertz CT molecular complexity index is 1300. The number of hydrogen-bond acceptors (Lipinski definition) is 2. The Kier molecular flexibility index (Phi) is 3.13. The number of nitrogens with two attached hydrogens (primary N) is 1. The van der Waals surface area contributed by atoms with Gasteiger partial charge in [0.15, 0.2) is 0 Å². The summed E-state index contributed by atoms with van der Waals surface area (Å²) < 4.78 is 0. The normalized spacial score (nSPS) is 11.4. The molecule has 0 radical (unpaired) electrons. The summed E-state index contributed by atoms with van der Waals surface area (Å²) in [6.07, 6.45) is 0. The van der Waals surface area contributed by atoms with E-state index >= 15 is 0 Å². The minimum Gasteiger partial charge on any atom is -0.507 e. The first-order chi connectivity index (χ1) is 12.7. The van der Waals surface area contributed by atoms with E-state index in [0.29, 0.717) is 5.69 Å². The summed E-state index contributed by atoms with van der Waals surface area (Å²) in [6.45, 7) is 0. The zero-order valence-electron chi connectivity index (χ0n) is 14.1. The molecule has 0 aromatic heterocycles. The van der Waals surface area contributed by atoms with Gasteiger partial charge in [0.05, 0.1) is 0 Å². The molecule has 0 bridgehead atoms. The van der Waals surface area contributed by atoms with Crippen molar-refractivity contribution in [1.29, 1.82) is 0 Å². The Morgan fingerprint density at radius 1 is 0.538 bits per heavy atom. The van der Waals surface area contributed by atoms with Gasteiger partial charge in [-0.15, -0.1) is 0 Å². The van der Waals surface area contributed by atoms with E-state index in [1.165, 1.54) is 0 Å². The topological polar surface area (TPSA) is 46.2 Å². The Morgan fingerprint density at radius 3 is 1.92 bits per heavy atom. The zero-order chi connectivity index (χ0) is 17.7. The highest BCUT2D eigenvalue weighted by Crippen LogP contribution is 2.45. The summed E-state index contributed by atoms with van der Waals surface area (Å²) >= 11 is 0. The Hall–Kier alpha value is -3.52. The molecular formula is C24H17NO. The lowest BCUT2D eigenvalue weighted by Gasteiger charge is -2.16. The molecule has 2 nitrogen and oxygen atoms in total. The second-order valence-electron chi connectivity index (χ2n) is 6.60. The third kappa shape index (κ3) is 2.06. The number of rotatable bonds is 1. The first kappa shape index (κ1) is 14.8. The number of hydrogen-bond donors (Lipinski definition) is 2. The van der Waals surface area contributed by atoms with E-state index in [2.05, 4.69) is 36.4 Å². The fourth-order valence-corrected chi connectivity index (χ4v) is 3.91. The molecule has 0 atom stereocenters. The maximum atomic E-state index is 10.8. The lowest BCUT2D eigenvalue weighted by atomic mass is 9.89. The van der Waals surface area contributed by atoms with E-state index in [4.69, 9.17) is 5.73 Å². The highest BCUT2D eigenvalue weighted by atomic mass is 16.3. The first-order valence-corrected chi connectivity index (χ1v) is 8.65. The molecule has 26 heavy (non-hydrogen) atoms. The average molecular weight is 335 g/mol. The molecule has 0 amide bonds.